The molecule has 0 spiro atoms. The van der Waals surface area contributed by atoms with Crippen molar-refractivity contribution in [1.82, 2.24) is 14.9 Å². The van der Waals surface area contributed by atoms with Crippen LogP contribution < -0.4 is 5.73 Å². The maximum Gasteiger partial charge on any atom is 0.141 e. The lowest BCUT2D eigenvalue weighted by Gasteiger charge is -2.17. The SMILES string of the molecule is CCN(CC)CCc1ncc(Br)c(N)n1. The molecule has 0 saturated carbocycles. The second kappa shape index (κ2) is 6.02. The van der Waals surface area contributed by atoms with Crippen molar-refractivity contribution < 1.29 is 0 Å². The number of nitrogens with zero attached hydrogens (tertiary/aromatic N) is 3. The van der Waals surface area contributed by atoms with Gasteiger partial charge in [-0.25, -0.2) is 9.97 Å². The van der Waals surface area contributed by atoms with E-state index in [1.807, 2.05) is 0 Å². The van der Waals surface area contributed by atoms with Crippen LogP contribution in [0.3, 0.4) is 0 Å². The average Bonchev–Trinajstić information content (AvgIpc) is 2.24. The Labute approximate surface area is 99.0 Å². The van der Waals surface area contributed by atoms with E-state index in [0.717, 1.165) is 36.4 Å². The summed E-state index contributed by atoms with van der Waals surface area (Å²) in [6, 6.07) is 0. The van der Waals surface area contributed by atoms with E-state index >= 15 is 0 Å². The van der Waals surface area contributed by atoms with Crippen LogP contribution in [-0.4, -0.2) is 34.5 Å². The zero-order valence-electron chi connectivity index (χ0n) is 9.20. The van der Waals surface area contributed by atoms with Crippen molar-refractivity contribution in [2.45, 2.75) is 20.3 Å². The smallest absolute Gasteiger partial charge is 0.141 e. The molecule has 0 saturated heterocycles. The first-order valence-electron chi connectivity index (χ1n) is 5.16. The molecular weight excluding hydrogens is 256 g/mol. The molecule has 0 radical (unpaired) electrons. The van der Waals surface area contributed by atoms with Crippen molar-refractivity contribution in [2.24, 2.45) is 0 Å². The fraction of sp³-hybridized carbons (Fsp3) is 0.600. The molecule has 4 nitrogen and oxygen atoms in total. The van der Waals surface area contributed by atoms with E-state index in [9.17, 15) is 0 Å². The Kier molecular flexibility index (Phi) is 4.98. The second-order valence-electron chi connectivity index (χ2n) is 3.30. The summed E-state index contributed by atoms with van der Waals surface area (Å²) in [6.07, 6.45) is 2.55. The van der Waals surface area contributed by atoms with Gasteiger partial charge in [0, 0.05) is 19.2 Å². The van der Waals surface area contributed by atoms with Gasteiger partial charge in [0.2, 0.25) is 0 Å². The molecule has 84 valence electrons. The summed E-state index contributed by atoms with van der Waals surface area (Å²) in [7, 11) is 0. The molecule has 0 aliphatic rings. The molecule has 1 aromatic rings. The minimum Gasteiger partial charge on any atom is -0.383 e. The molecule has 0 aliphatic carbocycles. The number of halogens is 1. The lowest BCUT2D eigenvalue weighted by molar-refractivity contribution is 0.306. The van der Waals surface area contributed by atoms with Gasteiger partial charge in [0.1, 0.15) is 11.6 Å². The summed E-state index contributed by atoms with van der Waals surface area (Å²) in [4.78, 5) is 10.8. The predicted molar refractivity (Wildman–Crippen MR) is 65.6 cm³/mol. The van der Waals surface area contributed by atoms with Crippen LogP contribution in [0.2, 0.25) is 0 Å². The van der Waals surface area contributed by atoms with E-state index in [2.05, 4.69) is 44.6 Å². The molecule has 0 bridgehead atoms. The summed E-state index contributed by atoms with van der Waals surface area (Å²) >= 11 is 3.28. The minimum absolute atomic E-state index is 0.513. The molecule has 1 rings (SSSR count). The van der Waals surface area contributed by atoms with Gasteiger partial charge >= 0.3 is 0 Å². The largest absolute Gasteiger partial charge is 0.383 e. The highest BCUT2D eigenvalue weighted by molar-refractivity contribution is 9.10. The number of rotatable bonds is 5. The van der Waals surface area contributed by atoms with E-state index in [1.54, 1.807) is 6.20 Å². The molecule has 0 unspecified atom stereocenters. The number of aromatic nitrogens is 2. The summed E-state index contributed by atoms with van der Waals surface area (Å²) in [5.41, 5.74) is 5.68. The normalized spacial score (nSPS) is 10.9. The van der Waals surface area contributed by atoms with Crippen LogP contribution in [0.5, 0.6) is 0 Å². The topological polar surface area (TPSA) is 55.0 Å². The molecule has 1 heterocycles. The first-order valence-corrected chi connectivity index (χ1v) is 5.95. The van der Waals surface area contributed by atoms with Crippen molar-refractivity contribution in [3.05, 3.63) is 16.5 Å². The molecular formula is C10H17BrN4. The summed E-state index contributed by atoms with van der Waals surface area (Å²) in [6.45, 7) is 7.40. The van der Waals surface area contributed by atoms with Gasteiger partial charge in [0.15, 0.2) is 0 Å². The van der Waals surface area contributed by atoms with Crippen molar-refractivity contribution in [3.63, 3.8) is 0 Å². The van der Waals surface area contributed by atoms with E-state index < -0.39 is 0 Å². The standard InChI is InChI=1S/C10H17BrN4/c1-3-15(4-2)6-5-9-13-7-8(11)10(12)14-9/h7H,3-6H2,1-2H3,(H2,12,13,14). The Morgan fingerprint density at radius 2 is 2.07 bits per heavy atom. The Hall–Kier alpha value is -0.680. The van der Waals surface area contributed by atoms with Crippen molar-refractivity contribution >= 4 is 21.7 Å². The van der Waals surface area contributed by atoms with Crippen molar-refractivity contribution in [1.29, 1.82) is 0 Å². The van der Waals surface area contributed by atoms with E-state index in [0.29, 0.717) is 5.82 Å². The number of anilines is 1. The van der Waals surface area contributed by atoms with Crippen LogP contribution in [-0.2, 0) is 6.42 Å². The van der Waals surface area contributed by atoms with E-state index in [1.165, 1.54) is 0 Å². The van der Waals surface area contributed by atoms with Crippen LogP contribution in [0.1, 0.15) is 19.7 Å². The number of nitrogen functional groups attached to an aromatic ring is 1. The number of nitrogens with two attached hydrogens (primary N) is 1. The van der Waals surface area contributed by atoms with Gasteiger partial charge in [-0.05, 0) is 29.0 Å². The Morgan fingerprint density at radius 3 is 2.60 bits per heavy atom. The predicted octanol–water partition coefficient (Wildman–Crippen LogP) is 1.71. The first-order chi connectivity index (χ1) is 7.17. The molecule has 0 atom stereocenters. The molecule has 5 heteroatoms. The number of hydrogen-bond donors (Lipinski definition) is 1. The maximum atomic E-state index is 5.68. The highest BCUT2D eigenvalue weighted by atomic mass is 79.9. The van der Waals surface area contributed by atoms with Crippen LogP contribution >= 0.6 is 15.9 Å². The van der Waals surface area contributed by atoms with E-state index in [4.69, 9.17) is 5.73 Å². The summed E-state index contributed by atoms with van der Waals surface area (Å²) in [5, 5.41) is 0. The van der Waals surface area contributed by atoms with Gasteiger partial charge < -0.3 is 10.6 Å². The minimum atomic E-state index is 0.513. The Morgan fingerprint density at radius 1 is 1.40 bits per heavy atom. The molecule has 0 fully saturated rings. The quantitative estimate of drug-likeness (QED) is 0.887. The number of hydrogen-bond acceptors (Lipinski definition) is 4. The monoisotopic (exact) mass is 272 g/mol. The number of likely N-dealkylation sites (N-methyl/N-ethyl adjacent to an activating group) is 1. The lowest BCUT2D eigenvalue weighted by Crippen LogP contribution is -2.25. The highest BCUT2D eigenvalue weighted by Crippen LogP contribution is 2.14. The average molecular weight is 273 g/mol. The van der Waals surface area contributed by atoms with Crippen LogP contribution in [0.4, 0.5) is 5.82 Å². The summed E-state index contributed by atoms with van der Waals surface area (Å²) in [5.74, 6) is 1.32. The van der Waals surface area contributed by atoms with Gasteiger partial charge in [-0.2, -0.15) is 0 Å². The van der Waals surface area contributed by atoms with E-state index in [-0.39, 0.29) is 0 Å². The Bertz CT molecular complexity index is 312. The third kappa shape index (κ3) is 3.76. The van der Waals surface area contributed by atoms with Gasteiger partial charge in [0.25, 0.3) is 0 Å². The zero-order valence-corrected chi connectivity index (χ0v) is 10.8. The fourth-order valence-corrected chi connectivity index (χ4v) is 1.53. The van der Waals surface area contributed by atoms with Gasteiger partial charge in [-0.15, -0.1) is 0 Å². The second-order valence-corrected chi connectivity index (χ2v) is 4.15. The lowest BCUT2D eigenvalue weighted by atomic mass is 10.3. The Balaban J connectivity index is 2.54. The molecule has 2 N–H and O–H groups in total. The van der Waals surface area contributed by atoms with Gasteiger partial charge in [-0.1, -0.05) is 13.8 Å². The summed E-state index contributed by atoms with van der Waals surface area (Å²) < 4.78 is 0.758. The fourth-order valence-electron chi connectivity index (χ4n) is 1.34. The highest BCUT2D eigenvalue weighted by Gasteiger charge is 2.04. The maximum absolute atomic E-state index is 5.68. The first kappa shape index (κ1) is 12.4. The molecule has 1 aromatic heterocycles. The molecule has 15 heavy (non-hydrogen) atoms. The van der Waals surface area contributed by atoms with Crippen LogP contribution in [0.15, 0.2) is 10.7 Å². The van der Waals surface area contributed by atoms with Crippen LogP contribution in [0.25, 0.3) is 0 Å². The third-order valence-corrected chi connectivity index (χ3v) is 2.98. The van der Waals surface area contributed by atoms with Gasteiger partial charge in [-0.3, -0.25) is 0 Å². The third-order valence-electron chi connectivity index (χ3n) is 2.37. The molecule has 0 amide bonds. The van der Waals surface area contributed by atoms with Crippen molar-refractivity contribution in [2.75, 3.05) is 25.4 Å². The zero-order chi connectivity index (χ0) is 11.3. The van der Waals surface area contributed by atoms with Crippen LogP contribution in [0, 0.1) is 0 Å². The van der Waals surface area contributed by atoms with Gasteiger partial charge in [0.05, 0.1) is 4.47 Å². The molecule has 0 aromatic carbocycles. The van der Waals surface area contributed by atoms with Crippen molar-refractivity contribution in [3.8, 4) is 0 Å². The molecule has 0 aliphatic heterocycles.